The summed E-state index contributed by atoms with van der Waals surface area (Å²) in [4.78, 5) is 28.7. The smallest absolute Gasteiger partial charge is 0.340 e. The molecule has 7 nitrogen and oxygen atoms in total. The maximum absolute atomic E-state index is 12.4. The van der Waals surface area contributed by atoms with Crippen molar-refractivity contribution in [1.29, 1.82) is 0 Å². The summed E-state index contributed by atoms with van der Waals surface area (Å²) < 4.78 is 20.9. The number of carbonyl (C=O) groups is 2. The Bertz CT molecular complexity index is 1080. The lowest BCUT2D eigenvalue weighted by Crippen LogP contribution is -2.13. The van der Waals surface area contributed by atoms with E-state index in [4.69, 9.17) is 18.9 Å². The highest BCUT2D eigenvalue weighted by Gasteiger charge is 2.20. The van der Waals surface area contributed by atoms with Gasteiger partial charge in [0.15, 0.2) is 11.5 Å². The van der Waals surface area contributed by atoms with Crippen molar-refractivity contribution in [2.24, 2.45) is 0 Å². The molecule has 0 saturated carbocycles. The predicted molar refractivity (Wildman–Crippen MR) is 106 cm³/mol. The monoisotopic (exact) mass is 395 g/mol. The number of ether oxygens (including phenoxy) is 4. The quantitative estimate of drug-likeness (QED) is 0.588. The Balaban J connectivity index is 1.98. The van der Waals surface area contributed by atoms with Crippen molar-refractivity contribution in [1.82, 2.24) is 4.98 Å². The number of benzene rings is 2. The van der Waals surface area contributed by atoms with E-state index < -0.39 is 11.9 Å². The van der Waals surface area contributed by atoms with Gasteiger partial charge in [0.2, 0.25) is 0 Å². The van der Waals surface area contributed by atoms with Gasteiger partial charge in [-0.1, -0.05) is 18.2 Å². The fraction of sp³-hybridized carbons (Fsp3) is 0.227. The first kappa shape index (κ1) is 20.1. The Morgan fingerprint density at radius 2 is 1.66 bits per heavy atom. The van der Waals surface area contributed by atoms with Crippen molar-refractivity contribution < 1.29 is 28.5 Å². The van der Waals surface area contributed by atoms with Crippen molar-refractivity contribution in [3.63, 3.8) is 0 Å². The van der Waals surface area contributed by atoms with E-state index in [1.807, 2.05) is 31.2 Å². The first-order chi connectivity index (χ1) is 14.0. The van der Waals surface area contributed by atoms with Crippen LogP contribution in [-0.2, 0) is 16.1 Å². The summed E-state index contributed by atoms with van der Waals surface area (Å²) in [6, 6.07) is 12.3. The molecule has 0 aliphatic rings. The first-order valence-electron chi connectivity index (χ1n) is 8.85. The van der Waals surface area contributed by atoms with Gasteiger partial charge < -0.3 is 18.9 Å². The topological polar surface area (TPSA) is 84.0 Å². The van der Waals surface area contributed by atoms with Crippen molar-refractivity contribution in [2.75, 3.05) is 21.3 Å². The van der Waals surface area contributed by atoms with Crippen LogP contribution in [0.5, 0.6) is 11.5 Å². The number of carbonyl (C=O) groups excluding carboxylic acids is 2. The van der Waals surface area contributed by atoms with Crippen LogP contribution in [-0.4, -0.2) is 38.3 Å². The molecule has 2 aromatic carbocycles. The molecule has 0 saturated heterocycles. The number of aryl methyl sites for hydroxylation is 1. The van der Waals surface area contributed by atoms with Crippen LogP contribution < -0.4 is 9.47 Å². The third-order valence-electron chi connectivity index (χ3n) is 4.57. The van der Waals surface area contributed by atoms with Gasteiger partial charge in [0, 0.05) is 5.39 Å². The van der Waals surface area contributed by atoms with E-state index in [1.165, 1.54) is 27.4 Å². The van der Waals surface area contributed by atoms with E-state index >= 15 is 0 Å². The molecule has 0 aliphatic heterocycles. The Morgan fingerprint density at radius 1 is 0.931 bits per heavy atom. The SMILES string of the molecule is COC(=O)c1ccc(OCc2nc3ccccc3c(C)c2C(=O)OC)c(OC)c1. The average molecular weight is 395 g/mol. The number of aromatic nitrogens is 1. The van der Waals surface area contributed by atoms with Crippen molar-refractivity contribution in [3.05, 3.63) is 64.8 Å². The standard InChI is InChI=1S/C22H21NO6/c1-13-15-7-5-6-8-16(15)23-17(20(13)22(25)28-4)12-29-18-10-9-14(21(24)27-3)11-19(18)26-2/h5-11H,12H2,1-4H3. The third-order valence-corrected chi connectivity index (χ3v) is 4.57. The number of nitrogens with zero attached hydrogens (tertiary/aromatic N) is 1. The van der Waals surface area contributed by atoms with E-state index in [0.29, 0.717) is 28.3 Å². The number of rotatable bonds is 6. The zero-order valence-electron chi connectivity index (χ0n) is 16.6. The van der Waals surface area contributed by atoms with Gasteiger partial charge in [0.05, 0.1) is 43.7 Å². The number of methoxy groups -OCH3 is 3. The maximum Gasteiger partial charge on any atom is 0.340 e. The van der Waals surface area contributed by atoms with Crippen LogP contribution in [0.3, 0.4) is 0 Å². The summed E-state index contributed by atoms with van der Waals surface area (Å²) in [6.07, 6.45) is 0. The van der Waals surface area contributed by atoms with Crippen molar-refractivity contribution in [2.45, 2.75) is 13.5 Å². The summed E-state index contributed by atoms with van der Waals surface area (Å²) in [7, 11) is 4.11. The fourth-order valence-corrected chi connectivity index (χ4v) is 3.10. The highest BCUT2D eigenvalue weighted by molar-refractivity contribution is 5.98. The molecule has 150 valence electrons. The molecule has 3 aromatic rings. The van der Waals surface area contributed by atoms with Crippen molar-refractivity contribution in [3.8, 4) is 11.5 Å². The van der Waals surface area contributed by atoms with Gasteiger partial charge in [0.25, 0.3) is 0 Å². The van der Waals surface area contributed by atoms with Gasteiger partial charge in [-0.2, -0.15) is 0 Å². The van der Waals surface area contributed by atoms with Crippen LogP contribution in [0.2, 0.25) is 0 Å². The molecule has 0 atom stereocenters. The Kier molecular flexibility index (Phi) is 5.97. The summed E-state index contributed by atoms with van der Waals surface area (Å²) in [5.41, 5.74) is 2.69. The summed E-state index contributed by atoms with van der Waals surface area (Å²) in [5, 5.41) is 0.872. The summed E-state index contributed by atoms with van der Waals surface area (Å²) in [6.45, 7) is 1.87. The van der Waals surface area contributed by atoms with Crippen LogP contribution in [0.15, 0.2) is 42.5 Å². The number of para-hydroxylation sites is 1. The van der Waals surface area contributed by atoms with Crippen LogP contribution in [0, 0.1) is 6.92 Å². The minimum absolute atomic E-state index is 0.0179. The lowest BCUT2D eigenvalue weighted by molar-refractivity contribution is 0.0588. The molecule has 0 aliphatic carbocycles. The first-order valence-corrected chi connectivity index (χ1v) is 8.85. The largest absolute Gasteiger partial charge is 0.493 e. The van der Waals surface area contributed by atoms with Gasteiger partial charge in [-0.25, -0.2) is 14.6 Å². The van der Waals surface area contributed by atoms with Gasteiger partial charge >= 0.3 is 11.9 Å². The van der Waals surface area contributed by atoms with E-state index in [2.05, 4.69) is 4.98 Å². The Hall–Kier alpha value is -3.61. The molecule has 7 heteroatoms. The number of pyridine rings is 1. The van der Waals surface area contributed by atoms with Gasteiger partial charge in [-0.15, -0.1) is 0 Å². The maximum atomic E-state index is 12.4. The second-order valence-corrected chi connectivity index (χ2v) is 6.21. The summed E-state index contributed by atoms with van der Waals surface area (Å²) in [5.74, 6) is -0.185. The van der Waals surface area contributed by atoms with Crippen LogP contribution >= 0.6 is 0 Å². The van der Waals surface area contributed by atoms with Crippen molar-refractivity contribution >= 4 is 22.8 Å². The number of fused-ring (bicyclic) bond motifs is 1. The molecule has 0 N–H and O–H groups in total. The summed E-state index contributed by atoms with van der Waals surface area (Å²) >= 11 is 0. The number of hydrogen-bond donors (Lipinski definition) is 0. The number of hydrogen-bond acceptors (Lipinski definition) is 7. The van der Waals surface area contributed by atoms with Crippen LogP contribution in [0.4, 0.5) is 0 Å². The average Bonchev–Trinajstić information content (AvgIpc) is 2.76. The van der Waals surface area contributed by atoms with E-state index in [0.717, 1.165) is 16.5 Å². The molecule has 0 unspecified atom stereocenters. The molecule has 0 bridgehead atoms. The predicted octanol–water partition coefficient (Wildman–Crippen LogP) is 3.70. The molecule has 0 fully saturated rings. The molecule has 0 amide bonds. The zero-order valence-corrected chi connectivity index (χ0v) is 16.6. The second kappa shape index (κ2) is 8.60. The highest BCUT2D eigenvalue weighted by atomic mass is 16.5. The Morgan fingerprint density at radius 3 is 2.34 bits per heavy atom. The van der Waals surface area contributed by atoms with Gasteiger partial charge in [-0.3, -0.25) is 0 Å². The molecular formula is C22H21NO6. The van der Waals surface area contributed by atoms with Gasteiger partial charge in [-0.05, 0) is 36.8 Å². The number of esters is 2. The molecule has 0 radical (unpaired) electrons. The molecule has 0 spiro atoms. The molecular weight excluding hydrogens is 374 g/mol. The lowest BCUT2D eigenvalue weighted by Gasteiger charge is -2.15. The molecule has 1 heterocycles. The Labute approximate surface area is 168 Å². The minimum atomic E-state index is -0.479. The molecule has 3 rings (SSSR count). The zero-order chi connectivity index (χ0) is 21.0. The second-order valence-electron chi connectivity index (χ2n) is 6.21. The lowest BCUT2D eigenvalue weighted by atomic mass is 10.0. The van der Waals surface area contributed by atoms with E-state index in [-0.39, 0.29) is 6.61 Å². The molecule has 1 aromatic heterocycles. The minimum Gasteiger partial charge on any atom is -0.493 e. The highest BCUT2D eigenvalue weighted by Crippen LogP contribution is 2.30. The normalized spacial score (nSPS) is 10.5. The fourth-order valence-electron chi connectivity index (χ4n) is 3.10. The third kappa shape index (κ3) is 3.99. The van der Waals surface area contributed by atoms with Crippen LogP contribution in [0.25, 0.3) is 10.9 Å². The van der Waals surface area contributed by atoms with Crippen LogP contribution in [0.1, 0.15) is 32.0 Å². The molecule has 29 heavy (non-hydrogen) atoms. The van der Waals surface area contributed by atoms with Gasteiger partial charge in [0.1, 0.15) is 6.61 Å². The van der Waals surface area contributed by atoms with E-state index in [9.17, 15) is 9.59 Å². The van der Waals surface area contributed by atoms with E-state index in [1.54, 1.807) is 12.1 Å².